The lowest BCUT2D eigenvalue weighted by molar-refractivity contribution is 0.461. The van der Waals surface area contributed by atoms with Crippen molar-refractivity contribution >= 4 is 0 Å². The summed E-state index contributed by atoms with van der Waals surface area (Å²) in [5, 5.41) is 3.60. The molecule has 0 radical (unpaired) electrons. The van der Waals surface area contributed by atoms with E-state index in [2.05, 4.69) is 25.2 Å². The first-order chi connectivity index (χ1) is 5.83. The molecule has 0 amide bonds. The van der Waals surface area contributed by atoms with Gasteiger partial charge in [0.2, 0.25) is 0 Å². The second-order valence-electron chi connectivity index (χ2n) is 3.83. The Morgan fingerprint density at radius 1 is 1.58 bits per heavy atom. The lowest BCUT2D eigenvalue weighted by Gasteiger charge is -2.21. The van der Waals surface area contributed by atoms with E-state index in [1.165, 1.54) is 38.6 Å². The smallest absolute Gasteiger partial charge is 0.0105 e. The normalized spacial score (nSPS) is 23.8. The summed E-state index contributed by atoms with van der Waals surface area (Å²) in [6.07, 6.45) is 8.88. The van der Waals surface area contributed by atoms with Crippen molar-refractivity contribution in [2.45, 2.75) is 52.0 Å². The zero-order valence-corrected chi connectivity index (χ0v) is 8.40. The molecule has 70 valence electrons. The number of hydrogen-bond donors (Lipinski definition) is 1. The number of unbranched alkanes of at least 4 members (excludes halogenated alkanes) is 1. The zero-order valence-electron chi connectivity index (χ0n) is 8.40. The van der Waals surface area contributed by atoms with Gasteiger partial charge in [0, 0.05) is 6.04 Å². The maximum atomic E-state index is 3.60. The van der Waals surface area contributed by atoms with Gasteiger partial charge in [-0.25, -0.2) is 0 Å². The average Bonchev–Trinajstić information content (AvgIpc) is 2.09. The van der Waals surface area contributed by atoms with Gasteiger partial charge in [-0.05, 0) is 39.2 Å². The SMILES string of the molecule is CCCCNC1CC=C(C)CC1. The monoisotopic (exact) mass is 167 g/mol. The molecule has 0 heterocycles. The van der Waals surface area contributed by atoms with Gasteiger partial charge in [-0.1, -0.05) is 25.0 Å². The van der Waals surface area contributed by atoms with Crippen LogP contribution in [0.25, 0.3) is 0 Å². The molecular weight excluding hydrogens is 146 g/mol. The lowest BCUT2D eigenvalue weighted by atomic mass is 9.96. The molecule has 0 spiro atoms. The first kappa shape index (κ1) is 9.79. The van der Waals surface area contributed by atoms with E-state index in [4.69, 9.17) is 0 Å². The number of nitrogens with one attached hydrogen (secondary N) is 1. The summed E-state index contributed by atoms with van der Waals surface area (Å²) in [4.78, 5) is 0. The first-order valence-electron chi connectivity index (χ1n) is 5.22. The largest absolute Gasteiger partial charge is 0.314 e. The fraction of sp³-hybridized carbons (Fsp3) is 0.818. The van der Waals surface area contributed by atoms with Crippen LogP contribution >= 0.6 is 0 Å². The highest BCUT2D eigenvalue weighted by molar-refractivity contribution is 5.04. The Labute approximate surface area is 76.2 Å². The van der Waals surface area contributed by atoms with Crippen molar-refractivity contribution < 1.29 is 0 Å². The summed E-state index contributed by atoms with van der Waals surface area (Å²) < 4.78 is 0. The van der Waals surface area contributed by atoms with Crippen LogP contribution in [0.2, 0.25) is 0 Å². The first-order valence-corrected chi connectivity index (χ1v) is 5.22. The van der Waals surface area contributed by atoms with Crippen LogP contribution in [0, 0.1) is 0 Å². The topological polar surface area (TPSA) is 12.0 Å². The maximum Gasteiger partial charge on any atom is 0.0105 e. The summed E-state index contributed by atoms with van der Waals surface area (Å²) in [6, 6.07) is 0.764. The van der Waals surface area contributed by atoms with E-state index >= 15 is 0 Å². The predicted octanol–water partition coefficient (Wildman–Crippen LogP) is 2.87. The lowest BCUT2D eigenvalue weighted by Crippen LogP contribution is -2.30. The third kappa shape index (κ3) is 3.40. The second kappa shape index (κ2) is 5.36. The van der Waals surface area contributed by atoms with Crippen LogP contribution in [0.3, 0.4) is 0 Å². The highest BCUT2D eigenvalue weighted by atomic mass is 14.9. The molecule has 1 unspecified atom stereocenters. The quantitative estimate of drug-likeness (QED) is 0.501. The van der Waals surface area contributed by atoms with Gasteiger partial charge in [0.25, 0.3) is 0 Å². The molecule has 0 aromatic rings. The Kier molecular flexibility index (Phi) is 4.37. The summed E-state index contributed by atoms with van der Waals surface area (Å²) >= 11 is 0. The third-order valence-corrected chi connectivity index (χ3v) is 2.60. The molecule has 1 N–H and O–H groups in total. The van der Waals surface area contributed by atoms with Crippen molar-refractivity contribution in [2.75, 3.05) is 6.54 Å². The van der Waals surface area contributed by atoms with E-state index < -0.39 is 0 Å². The average molecular weight is 167 g/mol. The molecule has 1 aliphatic rings. The van der Waals surface area contributed by atoms with Gasteiger partial charge in [-0.2, -0.15) is 0 Å². The minimum Gasteiger partial charge on any atom is -0.314 e. The Morgan fingerprint density at radius 2 is 2.42 bits per heavy atom. The van der Waals surface area contributed by atoms with Crippen LogP contribution < -0.4 is 5.32 Å². The van der Waals surface area contributed by atoms with E-state index in [1.807, 2.05) is 0 Å². The van der Waals surface area contributed by atoms with Crippen molar-refractivity contribution in [1.29, 1.82) is 0 Å². The molecule has 0 saturated heterocycles. The van der Waals surface area contributed by atoms with Crippen molar-refractivity contribution in [1.82, 2.24) is 5.32 Å². The third-order valence-electron chi connectivity index (χ3n) is 2.60. The van der Waals surface area contributed by atoms with E-state index in [9.17, 15) is 0 Å². The molecule has 0 aromatic carbocycles. The Hall–Kier alpha value is -0.300. The van der Waals surface area contributed by atoms with E-state index in [0.717, 1.165) is 6.04 Å². The van der Waals surface area contributed by atoms with Gasteiger partial charge in [0.05, 0.1) is 0 Å². The minimum atomic E-state index is 0.764. The Balaban J connectivity index is 2.10. The van der Waals surface area contributed by atoms with Gasteiger partial charge in [0.1, 0.15) is 0 Å². The molecule has 1 nitrogen and oxygen atoms in total. The molecule has 0 saturated carbocycles. The fourth-order valence-corrected chi connectivity index (χ4v) is 1.63. The van der Waals surface area contributed by atoms with Crippen molar-refractivity contribution in [3.05, 3.63) is 11.6 Å². The minimum absolute atomic E-state index is 0.764. The van der Waals surface area contributed by atoms with E-state index in [0.29, 0.717) is 0 Å². The maximum absolute atomic E-state index is 3.60. The van der Waals surface area contributed by atoms with Crippen molar-refractivity contribution in [2.24, 2.45) is 0 Å². The fourth-order valence-electron chi connectivity index (χ4n) is 1.63. The number of rotatable bonds is 4. The Morgan fingerprint density at radius 3 is 3.00 bits per heavy atom. The molecule has 12 heavy (non-hydrogen) atoms. The molecule has 0 fully saturated rings. The van der Waals surface area contributed by atoms with Crippen LogP contribution in [0.5, 0.6) is 0 Å². The second-order valence-corrected chi connectivity index (χ2v) is 3.83. The number of hydrogen-bond acceptors (Lipinski definition) is 1. The summed E-state index contributed by atoms with van der Waals surface area (Å²) in [7, 11) is 0. The summed E-state index contributed by atoms with van der Waals surface area (Å²) in [5.74, 6) is 0. The molecule has 0 aliphatic heterocycles. The molecular formula is C11H21N. The van der Waals surface area contributed by atoms with Crippen LogP contribution in [0.4, 0.5) is 0 Å². The highest BCUT2D eigenvalue weighted by Gasteiger charge is 2.10. The van der Waals surface area contributed by atoms with Crippen molar-refractivity contribution in [3.8, 4) is 0 Å². The molecule has 0 aromatic heterocycles. The summed E-state index contributed by atoms with van der Waals surface area (Å²) in [5.41, 5.74) is 1.57. The van der Waals surface area contributed by atoms with Crippen LogP contribution in [-0.2, 0) is 0 Å². The molecule has 1 aliphatic carbocycles. The van der Waals surface area contributed by atoms with E-state index in [-0.39, 0.29) is 0 Å². The standard InChI is InChI=1S/C11H21N/c1-3-4-9-12-11-7-5-10(2)6-8-11/h5,11-12H,3-4,6-9H2,1-2H3. The molecule has 1 atom stereocenters. The highest BCUT2D eigenvalue weighted by Crippen LogP contribution is 2.17. The van der Waals surface area contributed by atoms with Crippen LogP contribution in [-0.4, -0.2) is 12.6 Å². The van der Waals surface area contributed by atoms with Gasteiger partial charge in [-0.3, -0.25) is 0 Å². The molecule has 1 rings (SSSR count). The van der Waals surface area contributed by atoms with Crippen LogP contribution in [0.15, 0.2) is 11.6 Å². The predicted molar refractivity (Wildman–Crippen MR) is 54.3 cm³/mol. The van der Waals surface area contributed by atoms with Gasteiger partial charge < -0.3 is 5.32 Å². The zero-order chi connectivity index (χ0) is 8.81. The molecule has 0 bridgehead atoms. The number of allylic oxidation sites excluding steroid dienone is 1. The van der Waals surface area contributed by atoms with Crippen molar-refractivity contribution in [3.63, 3.8) is 0 Å². The summed E-state index contributed by atoms with van der Waals surface area (Å²) in [6.45, 7) is 5.68. The van der Waals surface area contributed by atoms with Gasteiger partial charge in [0.15, 0.2) is 0 Å². The Bertz CT molecular complexity index is 149. The van der Waals surface area contributed by atoms with E-state index in [1.54, 1.807) is 5.57 Å². The van der Waals surface area contributed by atoms with Gasteiger partial charge >= 0.3 is 0 Å². The molecule has 1 heteroatoms. The van der Waals surface area contributed by atoms with Gasteiger partial charge in [-0.15, -0.1) is 0 Å². The van der Waals surface area contributed by atoms with Crippen LogP contribution in [0.1, 0.15) is 46.0 Å².